The average Bonchev–Trinajstić information content (AvgIpc) is 3.48. The highest BCUT2D eigenvalue weighted by Crippen LogP contribution is 2.33. The number of ether oxygens (including phenoxy) is 1. The molecule has 2 aromatic heterocycles. The average molecular weight is 635 g/mol. The van der Waals surface area contributed by atoms with Gasteiger partial charge in [-0.05, 0) is 54.4 Å². The zero-order valence-corrected chi connectivity index (χ0v) is 26.3. The van der Waals surface area contributed by atoms with E-state index in [1.165, 1.54) is 4.31 Å². The van der Waals surface area contributed by atoms with Gasteiger partial charge >= 0.3 is 0 Å². The van der Waals surface area contributed by atoms with Crippen molar-refractivity contribution in [2.24, 2.45) is 0 Å². The molecular formula is C35H34N6O4S. The number of aromatic amines is 1. The van der Waals surface area contributed by atoms with Crippen molar-refractivity contribution in [2.75, 3.05) is 37.7 Å². The van der Waals surface area contributed by atoms with Crippen molar-refractivity contribution in [1.82, 2.24) is 23.8 Å². The fraction of sp³-hybridized carbons (Fsp3) is 0.229. The van der Waals surface area contributed by atoms with Crippen LogP contribution in [-0.2, 0) is 16.6 Å². The fourth-order valence-electron chi connectivity index (χ4n) is 5.89. The van der Waals surface area contributed by atoms with Crippen LogP contribution in [0.4, 0.5) is 5.69 Å². The van der Waals surface area contributed by atoms with Crippen LogP contribution in [0.25, 0.3) is 33.3 Å². The SMILES string of the molecule is CCCOc1ccc(S(=O)(=O)N2CCN(c3ccccc3)CC2)cc1-c1nc2cc3ncn(Cc4ccccc4)c3cc2c(=O)[nH]1. The third-order valence-corrected chi connectivity index (χ3v) is 10.2. The second-order valence-corrected chi connectivity index (χ2v) is 13.3. The summed E-state index contributed by atoms with van der Waals surface area (Å²) < 4.78 is 37.2. The molecule has 1 saturated heterocycles. The Kier molecular flexibility index (Phi) is 8.02. The Morgan fingerprint density at radius 1 is 0.870 bits per heavy atom. The van der Waals surface area contributed by atoms with Crippen molar-refractivity contribution in [2.45, 2.75) is 24.8 Å². The molecule has 0 saturated carbocycles. The normalized spacial score (nSPS) is 14.2. The van der Waals surface area contributed by atoms with Crippen LogP contribution in [0.1, 0.15) is 18.9 Å². The molecule has 6 aromatic rings. The number of rotatable bonds is 9. The highest BCUT2D eigenvalue weighted by molar-refractivity contribution is 7.89. The molecule has 0 spiro atoms. The molecule has 0 aliphatic carbocycles. The lowest BCUT2D eigenvalue weighted by molar-refractivity contribution is 0.318. The molecule has 3 heterocycles. The largest absolute Gasteiger partial charge is 0.493 e. The standard InChI is InChI=1S/C35H34N6O4S/c1-2-19-45-33-14-13-27(46(43,44)41-17-15-39(16-18-41)26-11-7-4-8-12-26)20-29(33)34-37-30-22-31-32(21-28(30)35(42)38-34)40(24-36-31)23-25-9-5-3-6-10-25/h3-14,20-22,24H,2,15-19,23H2,1H3,(H,37,38,42). The molecule has 46 heavy (non-hydrogen) atoms. The second-order valence-electron chi connectivity index (χ2n) is 11.4. The Labute approximate surface area is 267 Å². The van der Waals surface area contributed by atoms with Gasteiger partial charge in [-0.2, -0.15) is 4.31 Å². The van der Waals surface area contributed by atoms with Gasteiger partial charge in [0.25, 0.3) is 5.56 Å². The van der Waals surface area contributed by atoms with Gasteiger partial charge in [0.1, 0.15) is 11.6 Å². The molecule has 7 rings (SSSR count). The number of anilines is 1. The van der Waals surface area contributed by atoms with Gasteiger partial charge < -0.3 is 19.2 Å². The van der Waals surface area contributed by atoms with E-state index >= 15 is 0 Å². The lowest BCUT2D eigenvalue weighted by atomic mass is 10.1. The monoisotopic (exact) mass is 634 g/mol. The van der Waals surface area contributed by atoms with E-state index in [0.29, 0.717) is 67.1 Å². The van der Waals surface area contributed by atoms with Crippen molar-refractivity contribution in [3.8, 4) is 17.1 Å². The van der Waals surface area contributed by atoms with Crippen molar-refractivity contribution in [3.63, 3.8) is 0 Å². The molecule has 1 N–H and O–H groups in total. The number of nitrogens with one attached hydrogen (secondary N) is 1. The van der Waals surface area contributed by atoms with Crippen molar-refractivity contribution >= 4 is 37.6 Å². The van der Waals surface area contributed by atoms with E-state index in [9.17, 15) is 13.2 Å². The van der Waals surface area contributed by atoms with Gasteiger partial charge in [0, 0.05) is 38.4 Å². The Morgan fingerprint density at radius 3 is 2.35 bits per heavy atom. The molecule has 1 aliphatic rings. The molecule has 10 nitrogen and oxygen atoms in total. The number of para-hydroxylation sites is 1. The number of fused-ring (bicyclic) bond motifs is 2. The third kappa shape index (κ3) is 5.75. The Bertz CT molecular complexity index is 2170. The molecule has 0 radical (unpaired) electrons. The zero-order valence-electron chi connectivity index (χ0n) is 25.5. The van der Waals surface area contributed by atoms with Crippen LogP contribution >= 0.6 is 0 Å². The van der Waals surface area contributed by atoms with Crippen LogP contribution in [0.5, 0.6) is 5.75 Å². The molecule has 4 aromatic carbocycles. The number of hydrogen-bond acceptors (Lipinski definition) is 7. The molecule has 1 aliphatic heterocycles. The van der Waals surface area contributed by atoms with Gasteiger partial charge in [0.05, 0.1) is 45.3 Å². The Balaban J connectivity index is 1.23. The first-order valence-corrected chi connectivity index (χ1v) is 16.8. The van der Waals surface area contributed by atoms with E-state index in [2.05, 4.69) is 14.9 Å². The highest BCUT2D eigenvalue weighted by Gasteiger charge is 2.30. The van der Waals surface area contributed by atoms with Gasteiger partial charge in [-0.15, -0.1) is 0 Å². The first kappa shape index (κ1) is 29.7. The van der Waals surface area contributed by atoms with E-state index in [-0.39, 0.29) is 16.3 Å². The minimum atomic E-state index is -3.82. The summed E-state index contributed by atoms with van der Waals surface area (Å²) in [5.74, 6) is 0.683. The molecule has 234 valence electrons. The number of nitrogens with zero attached hydrogens (tertiary/aromatic N) is 5. The number of aromatic nitrogens is 4. The minimum absolute atomic E-state index is 0.123. The van der Waals surface area contributed by atoms with Gasteiger partial charge in [0.2, 0.25) is 10.0 Å². The predicted molar refractivity (Wildman–Crippen MR) is 180 cm³/mol. The molecule has 11 heteroatoms. The van der Waals surface area contributed by atoms with Gasteiger partial charge in [0.15, 0.2) is 0 Å². The Hall–Kier alpha value is -5.00. The molecule has 0 bridgehead atoms. The molecule has 0 unspecified atom stereocenters. The summed E-state index contributed by atoms with van der Waals surface area (Å²) in [6.07, 6.45) is 2.52. The maximum Gasteiger partial charge on any atom is 0.259 e. The summed E-state index contributed by atoms with van der Waals surface area (Å²) in [5.41, 5.74) is 4.27. The van der Waals surface area contributed by atoms with Crippen LogP contribution < -0.4 is 15.2 Å². The van der Waals surface area contributed by atoms with Crippen LogP contribution in [0.3, 0.4) is 0 Å². The third-order valence-electron chi connectivity index (χ3n) is 8.31. The predicted octanol–water partition coefficient (Wildman–Crippen LogP) is 5.29. The molecular weight excluding hydrogens is 600 g/mol. The quantitative estimate of drug-likeness (QED) is 0.230. The number of piperazine rings is 1. The fourth-order valence-corrected chi connectivity index (χ4v) is 7.34. The smallest absolute Gasteiger partial charge is 0.259 e. The van der Waals surface area contributed by atoms with Crippen LogP contribution in [0.2, 0.25) is 0 Å². The summed E-state index contributed by atoms with van der Waals surface area (Å²) >= 11 is 0. The van der Waals surface area contributed by atoms with Crippen LogP contribution in [0.15, 0.2) is 107 Å². The van der Waals surface area contributed by atoms with Gasteiger partial charge in [-0.3, -0.25) is 4.79 Å². The van der Waals surface area contributed by atoms with Crippen molar-refractivity contribution in [3.05, 3.63) is 113 Å². The topological polar surface area (TPSA) is 113 Å². The summed E-state index contributed by atoms with van der Waals surface area (Å²) in [7, 11) is -3.82. The van der Waals surface area contributed by atoms with Crippen molar-refractivity contribution in [1.29, 1.82) is 0 Å². The number of benzene rings is 4. The molecule has 0 atom stereocenters. The second kappa shape index (κ2) is 12.4. The summed E-state index contributed by atoms with van der Waals surface area (Å²) in [6.45, 7) is 4.93. The summed E-state index contributed by atoms with van der Waals surface area (Å²) in [4.78, 5) is 28.1. The van der Waals surface area contributed by atoms with E-state index < -0.39 is 10.0 Å². The van der Waals surface area contributed by atoms with Crippen LogP contribution in [-0.4, -0.2) is 65.0 Å². The maximum atomic E-state index is 13.9. The molecule has 1 fully saturated rings. The first-order chi connectivity index (χ1) is 22.4. The minimum Gasteiger partial charge on any atom is -0.493 e. The van der Waals surface area contributed by atoms with Crippen LogP contribution in [0, 0.1) is 0 Å². The van der Waals surface area contributed by atoms with Crippen molar-refractivity contribution < 1.29 is 13.2 Å². The maximum absolute atomic E-state index is 13.9. The first-order valence-electron chi connectivity index (χ1n) is 15.4. The van der Waals surface area contributed by atoms with E-state index in [0.717, 1.165) is 23.2 Å². The number of hydrogen-bond donors (Lipinski definition) is 1. The Morgan fingerprint density at radius 2 is 1.61 bits per heavy atom. The zero-order chi connectivity index (χ0) is 31.7. The number of imidazole rings is 1. The summed E-state index contributed by atoms with van der Waals surface area (Å²) in [5, 5.41) is 0.419. The number of H-pyrrole nitrogens is 1. The van der Waals surface area contributed by atoms with E-state index in [1.54, 1.807) is 36.7 Å². The van der Waals surface area contributed by atoms with E-state index in [1.807, 2.05) is 72.2 Å². The summed E-state index contributed by atoms with van der Waals surface area (Å²) in [6, 6.07) is 28.4. The lowest BCUT2D eigenvalue weighted by Crippen LogP contribution is -2.48. The van der Waals surface area contributed by atoms with Gasteiger partial charge in [-0.1, -0.05) is 55.5 Å². The van der Waals surface area contributed by atoms with E-state index in [4.69, 9.17) is 9.72 Å². The highest BCUT2D eigenvalue weighted by atomic mass is 32.2. The number of sulfonamides is 1. The lowest BCUT2D eigenvalue weighted by Gasteiger charge is -2.35. The van der Waals surface area contributed by atoms with Gasteiger partial charge in [-0.25, -0.2) is 18.4 Å². The molecule has 0 amide bonds.